The van der Waals surface area contributed by atoms with Crippen molar-refractivity contribution in [2.45, 2.75) is 26.9 Å². The molecular formula is C11H18N6. The van der Waals surface area contributed by atoms with Crippen LogP contribution in [0.25, 0.3) is 0 Å². The van der Waals surface area contributed by atoms with Gasteiger partial charge in [-0.1, -0.05) is 5.92 Å². The predicted molar refractivity (Wildman–Crippen MR) is 67.3 cm³/mol. The minimum atomic E-state index is 0.451. The van der Waals surface area contributed by atoms with Crippen molar-refractivity contribution in [2.75, 3.05) is 13.1 Å². The Morgan fingerprint density at radius 3 is 3.00 bits per heavy atom. The zero-order chi connectivity index (χ0) is 12.5. The summed E-state index contributed by atoms with van der Waals surface area (Å²) in [4.78, 5) is 4.38. The Morgan fingerprint density at radius 2 is 2.35 bits per heavy atom. The number of terminal acetylenes is 1. The zero-order valence-corrected chi connectivity index (χ0v) is 10.3. The molecule has 1 heterocycles. The first-order valence-electron chi connectivity index (χ1n) is 5.64. The summed E-state index contributed by atoms with van der Waals surface area (Å²) in [5, 5.41) is 14.0. The van der Waals surface area contributed by atoms with Gasteiger partial charge in [-0.3, -0.25) is 0 Å². The number of nitrogens with one attached hydrogen (secondary N) is 2. The molecule has 0 fully saturated rings. The Morgan fingerprint density at radius 1 is 1.53 bits per heavy atom. The van der Waals surface area contributed by atoms with Gasteiger partial charge in [0.25, 0.3) is 0 Å². The molecule has 0 aromatic carbocycles. The summed E-state index contributed by atoms with van der Waals surface area (Å²) >= 11 is 0. The third kappa shape index (κ3) is 4.15. The predicted octanol–water partition coefficient (Wildman–Crippen LogP) is -0.0137. The number of rotatable bonds is 5. The molecule has 0 aliphatic carbocycles. The Hall–Kier alpha value is -2.03. The van der Waals surface area contributed by atoms with Gasteiger partial charge in [0.1, 0.15) is 12.9 Å². The lowest BCUT2D eigenvalue weighted by molar-refractivity contribution is 0.695. The van der Waals surface area contributed by atoms with Gasteiger partial charge in [-0.05, 0) is 13.8 Å². The van der Waals surface area contributed by atoms with Crippen LogP contribution in [0, 0.1) is 12.3 Å². The summed E-state index contributed by atoms with van der Waals surface area (Å²) in [6.45, 7) is 6.60. The average Bonchev–Trinajstić information content (AvgIpc) is 2.80. The van der Waals surface area contributed by atoms with E-state index in [4.69, 9.17) is 6.42 Å². The Balaban J connectivity index is 2.62. The van der Waals surface area contributed by atoms with Gasteiger partial charge < -0.3 is 15.2 Å². The fourth-order valence-corrected chi connectivity index (χ4v) is 1.29. The van der Waals surface area contributed by atoms with Gasteiger partial charge in [-0.25, -0.2) is 4.99 Å². The topological polar surface area (TPSA) is 67.1 Å². The molecule has 0 saturated carbocycles. The average molecular weight is 234 g/mol. The number of hydrogen-bond acceptors (Lipinski definition) is 3. The molecule has 92 valence electrons. The standard InChI is InChI=1S/C11H18N6/c1-4-7-13-11(12-5-2)14-8-10-16-15-9-17(10)6-3/h1,9H,5-8H2,2-3H3,(H2,12,13,14). The monoisotopic (exact) mass is 234 g/mol. The van der Waals surface area contributed by atoms with E-state index in [9.17, 15) is 0 Å². The molecule has 1 aromatic heterocycles. The Kier molecular flexibility index (Phi) is 5.58. The van der Waals surface area contributed by atoms with Crippen LogP contribution in [0.15, 0.2) is 11.3 Å². The molecule has 0 aliphatic rings. The van der Waals surface area contributed by atoms with Crippen molar-refractivity contribution in [3.8, 4) is 12.3 Å². The van der Waals surface area contributed by atoms with E-state index >= 15 is 0 Å². The highest BCUT2D eigenvalue weighted by molar-refractivity contribution is 5.79. The van der Waals surface area contributed by atoms with Crippen LogP contribution in [0.5, 0.6) is 0 Å². The van der Waals surface area contributed by atoms with Crippen molar-refractivity contribution in [3.63, 3.8) is 0 Å². The molecule has 0 amide bonds. The van der Waals surface area contributed by atoms with E-state index in [1.807, 2.05) is 18.4 Å². The van der Waals surface area contributed by atoms with E-state index in [1.54, 1.807) is 6.33 Å². The summed E-state index contributed by atoms with van der Waals surface area (Å²) < 4.78 is 1.95. The summed E-state index contributed by atoms with van der Waals surface area (Å²) in [5.74, 6) is 4.04. The summed E-state index contributed by atoms with van der Waals surface area (Å²) in [7, 11) is 0. The fourth-order valence-electron chi connectivity index (χ4n) is 1.29. The van der Waals surface area contributed by atoms with Crippen molar-refractivity contribution in [2.24, 2.45) is 4.99 Å². The molecule has 0 bridgehead atoms. The summed E-state index contributed by atoms with van der Waals surface area (Å²) in [6.07, 6.45) is 6.89. The largest absolute Gasteiger partial charge is 0.357 e. The van der Waals surface area contributed by atoms with Gasteiger partial charge in [0.05, 0.1) is 6.54 Å². The number of hydrogen-bond donors (Lipinski definition) is 2. The minimum Gasteiger partial charge on any atom is -0.357 e. The highest BCUT2D eigenvalue weighted by atomic mass is 15.3. The van der Waals surface area contributed by atoms with E-state index in [1.165, 1.54) is 0 Å². The number of aliphatic imine (C=N–C) groups is 1. The van der Waals surface area contributed by atoms with E-state index in [2.05, 4.69) is 31.7 Å². The molecule has 1 rings (SSSR count). The fraction of sp³-hybridized carbons (Fsp3) is 0.545. The van der Waals surface area contributed by atoms with Gasteiger partial charge in [0.2, 0.25) is 0 Å². The van der Waals surface area contributed by atoms with Crippen molar-refractivity contribution in [3.05, 3.63) is 12.2 Å². The lowest BCUT2D eigenvalue weighted by Crippen LogP contribution is -2.37. The van der Waals surface area contributed by atoms with Gasteiger partial charge in [0, 0.05) is 13.1 Å². The SMILES string of the molecule is C#CCNC(=NCc1nncn1CC)NCC. The van der Waals surface area contributed by atoms with Crippen molar-refractivity contribution < 1.29 is 0 Å². The minimum absolute atomic E-state index is 0.451. The van der Waals surface area contributed by atoms with Crippen molar-refractivity contribution in [1.82, 2.24) is 25.4 Å². The van der Waals surface area contributed by atoms with Crippen LogP contribution < -0.4 is 10.6 Å². The lowest BCUT2D eigenvalue weighted by Gasteiger charge is -2.08. The second-order valence-electron chi connectivity index (χ2n) is 3.29. The van der Waals surface area contributed by atoms with Gasteiger partial charge in [-0.15, -0.1) is 16.6 Å². The third-order valence-electron chi connectivity index (χ3n) is 2.12. The number of aryl methyl sites for hydroxylation is 1. The van der Waals surface area contributed by atoms with Gasteiger partial charge >= 0.3 is 0 Å². The molecule has 0 aliphatic heterocycles. The molecule has 0 atom stereocenters. The molecule has 6 nitrogen and oxygen atoms in total. The first-order valence-corrected chi connectivity index (χ1v) is 5.64. The highest BCUT2D eigenvalue weighted by Gasteiger charge is 2.02. The molecule has 1 aromatic rings. The summed E-state index contributed by atoms with van der Waals surface area (Å²) in [5.41, 5.74) is 0. The zero-order valence-electron chi connectivity index (χ0n) is 10.3. The van der Waals surface area contributed by atoms with Crippen LogP contribution in [0.4, 0.5) is 0 Å². The first-order chi connectivity index (χ1) is 8.31. The maximum Gasteiger partial charge on any atom is 0.192 e. The van der Waals surface area contributed by atoms with Crippen LogP contribution in [-0.2, 0) is 13.1 Å². The Bertz CT molecular complexity index is 400. The van der Waals surface area contributed by atoms with E-state index < -0.39 is 0 Å². The maximum absolute atomic E-state index is 5.19. The summed E-state index contributed by atoms with van der Waals surface area (Å²) in [6, 6.07) is 0. The van der Waals surface area contributed by atoms with E-state index in [0.29, 0.717) is 19.0 Å². The number of aromatic nitrogens is 3. The number of guanidine groups is 1. The van der Waals surface area contributed by atoms with Crippen molar-refractivity contribution >= 4 is 5.96 Å². The molecule has 0 unspecified atom stereocenters. The van der Waals surface area contributed by atoms with E-state index in [0.717, 1.165) is 18.9 Å². The normalized spacial score (nSPS) is 11.0. The molecule has 17 heavy (non-hydrogen) atoms. The van der Waals surface area contributed by atoms with Gasteiger partial charge in [0.15, 0.2) is 11.8 Å². The van der Waals surface area contributed by atoms with Crippen LogP contribution >= 0.6 is 0 Å². The van der Waals surface area contributed by atoms with E-state index in [-0.39, 0.29) is 0 Å². The van der Waals surface area contributed by atoms with Crippen LogP contribution in [0.1, 0.15) is 19.7 Å². The Labute approximate surface area is 102 Å². The van der Waals surface area contributed by atoms with Crippen LogP contribution in [-0.4, -0.2) is 33.8 Å². The van der Waals surface area contributed by atoms with Crippen molar-refractivity contribution in [1.29, 1.82) is 0 Å². The molecule has 0 spiro atoms. The van der Waals surface area contributed by atoms with Crippen LogP contribution in [0.3, 0.4) is 0 Å². The quantitative estimate of drug-likeness (QED) is 0.427. The molecular weight excluding hydrogens is 216 g/mol. The highest BCUT2D eigenvalue weighted by Crippen LogP contribution is 1.96. The van der Waals surface area contributed by atoms with Crippen LogP contribution in [0.2, 0.25) is 0 Å². The van der Waals surface area contributed by atoms with Gasteiger partial charge in [-0.2, -0.15) is 0 Å². The molecule has 0 radical (unpaired) electrons. The smallest absolute Gasteiger partial charge is 0.192 e. The second-order valence-corrected chi connectivity index (χ2v) is 3.29. The second kappa shape index (κ2) is 7.28. The third-order valence-corrected chi connectivity index (χ3v) is 2.12. The molecule has 6 heteroatoms. The molecule has 0 saturated heterocycles. The first kappa shape index (κ1) is 13.0. The lowest BCUT2D eigenvalue weighted by atomic mass is 10.5. The number of nitrogens with zero attached hydrogens (tertiary/aromatic N) is 4. The molecule has 2 N–H and O–H groups in total. The maximum atomic E-state index is 5.19.